The molecule has 0 aliphatic carbocycles. The number of hydrogen-bond acceptors (Lipinski definition) is 2. The average molecular weight is 311 g/mol. The third kappa shape index (κ3) is 5.84. The maximum absolute atomic E-state index is 13.1. The lowest BCUT2D eigenvalue weighted by molar-refractivity contribution is 0.140. The van der Waals surface area contributed by atoms with Gasteiger partial charge in [-0.3, -0.25) is 0 Å². The molecule has 0 aromatic heterocycles. The maximum Gasteiger partial charge on any atom is 0.407 e. The van der Waals surface area contributed by atoms with E-state index in [-0.39, 0.29) is 12.4 Å². The van der Waals surface area contributed by atoms with Crippen LogP contribution in [0.2, 0.25) is 0 Å². The van der Waals surface area contributed by atoms with Crippen LogP contribution in [-0.2, 0) is 11.3 Å². The zero-order chi connectivity index (χ0) is 16.5. The van der Waals surface area contributed by atoms with E-state index < -0.39 is 6.09 Å². The van der Waals surface area contributed by atoms with Gasteiger partial charge in [-0.15, -0.1) is 0 Å². The van der Waals surface area contributed by atoms with E-state index in [2.05, 4.69) is 17.2 Å². The van der Waals surface area contributed by atoms with Crippen LogP contribution in [0.15, 0.2) is 48.5 Å². The molecule has 2 aromatic carbocycles. The number of aryl methyl sites for hydroxylation is 1. The van der Waals surface area contributed by atoms with Crippen molar-refractivity contribution in [1.29, 1.82) is 0 Å². The van der Waals surface area contributed by atoms with Gasteiger partial charge in [0.2, 0.25) is 0 Å². The number of halogens is 1. The van der Waals surface area contributed by atoms with E-state index in [1.807, 2.05) is 37.3 Å². The molecule has 23 heavy (non-hydrogen) atoms. The van der Waals surface area contributed by atoms with Gasteiger partial charge < -0.3 is 10.1 Å². The Bertz CT molecular complexity index is 717. The fourth-order valence-corrected chi connectivity index (χ4v) is 1.89. The summed E-state index contributed by atoms with van der Waals surface area (Å²) in [7, 11) is 0. The first kappa shape index (κ1) is 16.6. The zero-order valence-electron chi connectivity index (χ0n) is 12.9. The number of carbonyl (C=O) groups is 1. The first-order valence-corrected chi connectivity index (χ1v) is 7.35. The van der Waals surface area contributed by atoms with E-state index in [1.54, 1.807) is 6.07 Å². The summed E-state index contributed by atoms with van der Waals surface area (Å²) in [5.41, 5.74) is 2.52. The van der Waals surface area contributed by atoms with Crippen LogP contribution < -0.4 is 5.32 Å². The number of hydrogen-bond donors (Lipinski definition) is 1. The van der Waals surface area contributed by atoms with Gasteiger partial charge >= 0.3 is 6.09 Å². The predicted molar refractivity (Wildman–Crippen MR) is 87.3 cm³/mol. The summed E-state index contributed by atoms with van der Waals surface area (Å²) < 4.78 is 18.2. The van der Waals surface area contributed by atoms with Gasteiger partial charge in [0.1, 0.15) is 12.4 Å². The van der Waals surface area contributed by atoms with Crippen molar-refractivity contribution in [2.24, 2.45) is 0 Å². The molecule has 1 N–H and O–H groups in total. The average Bonchev–Trinajstić information content (AvgIpc) is 2.56. The first-order valence-electron chi connectivity index (χ1n) is 7.35. The molecule has 0 aliphatic rings. The van der Waals surface area contributed by atoms with E-state index in [0.29, 0.717) is 18.5 Å². The predicted octanol–water partition coefficient (Wildman–Crippen LogP) is 3.80. The Labute approximate surface area is 135 Å². The molecule has 2 aromatic rings. The van der Waals surface area contributed by atoms with E-state index in [0.717, 1.165) is 11.1 Å². The molecule has 0 fully saturated rings. The lowest BCUT2D eigenvalue weighted by Crippen LogP contribution is -2.24. The largest absolute Gasteiger partial charge is 0.445 e. The van der Waals surface area contributed by atoms with Crippen molar-refractivity contribution in [2.75, 3.05) is 6.54 Å². The van der Waals surface area contributed by atoms with Gasteiger partial charge in [0.25, 0.3) is 0 Å². The first-order chi connectivity index (χ1) is 11.1. The fourth-order valence-electron chi connectivity index (χ4n) is 1.89. The van der Waals surface area contributed by atoms with Crippen LogP contribution in [0.1, 0.15) is 23.1 Å². The third-order valence-electron chi connectivity index (χ3n) is 3.15. The Morgan fingerprint density at radius 3 is 2.78 bits per heavy atom. The minimum Gasteiger partial charge on any atom is -0.445 e. The van der Waals surface area contributed by atoms with Gasteiger partial charge in [0, 0.05) is 18.5 Å². The van der Waals surface area contributed by atoms with Gasteiger partial charge in [-0.1, -0.05) is 48.2 Å². The Hall–Kier alpha value is -2.80. The third-order valence-corrected chi connectivity index (χ3v) is 3.15. The molecule has 3 nitrogen and oxygen atoms in total. The van der Waals surface area contributed by atoms with Crippen molar-refractivity contribution in [2.45, 2.75) is 20.0 Å². The summed E-state index contributed by atoms with van der Waals surface area (Å²) >= 11 is 0. The van der Waals surface area contributed by atoms with Gasteiger partial charge in [-0.05, 0) is 30.2 Å². The summed E-state index contributed by atoms with van der Waals surface area (Å²) in [6, 6.07) is 14.0. The number of carbonyl (C=O) groups excluding carboxylic acids is 1. The molecule has 0 saturated heterocycles. The van der Waals surface area contributed by atoms with Crippen molar-refractivity contribution >= 4 is 6.09 Å². The molecule has 0 saturated carbocycles. The summed E-state index contributed by atoms with van der Waals surface area (Å²) in [5, 5.41) is 2.63. The smallest absolute Gasteiger partial charge is 0.407 e. The lowest BCUT2D eigenvalue weighted by Gasteiger charge is -2.05. The van der Waals surface area contributed by atoms with Crippen molar-refractivity contribution < 1.29 is 13.9 Å². The molecule has 118 valence electrons. The second kappa shape index (κ2) is 8.60. The highest BCUT2D eigenvalue weighted by atomic mass is 19.1. The molecule has 0 aliphatic heterocycles. The molecular weight excluding hydrogens is 293 g/mol. The van der Waals surface area contributed by atoms with E-state index >= 15 is 0 Å². The van der Waals surface area contributed by atoms with E-state index in [1.165, 1.54) is 12.1 Å². The molecule has 0 atom stereocenters. The highest BCUT2D eigenvalue weighted by molar-refractivity contribution is 5.67. The van der Waals surface area contributed by atoms with Crippen LogP contribution in [0, 0.1) is 24.6 Å². The molecule has 2 rings (SSSR count). The van der Waals surface area contributed by atoms with E-state index in [4.69, 9.17) is 4.74 Å². The molecule has 0 unspecified atom stereocenters. The van der Waals surface area contributed by atoms with Crippen LogP contribution in [0.5, 0.6) is 0 Å². The second-order valence-corrected chi connectivity index (χ2v) is 5.00. The number of alkyl carbamates (subject to hydrolysis) is 1. The number of ether oxygens (including phenoxy) is 1. The lowest BCUT2D eigenvalue weighted by atomic mass is 10.1. The van der Waals surface area contributed by atoms with Crippen LogP contribution in [0.25, 0.3) is 0 Å². The summed E-state index contributed by atoms with van der Waals surface area (Å²) in [4.78, 5) is 11.5. The zero-order valence-corrected chi connectivity index (χ0v) is 12.9. The fraction of sp³-hybridized carbons (Fsp3) is 0.211. The molecule has 0 bridgehead atoms. The summed E-state index contributed by atoms with van der Waals surface area (Å²) in [5.74, 6) is 5.51. The van der Waals surface area contributed by atoms with Crippen molar-refractivity contribution in [3.8, 4) is 11.8 Å². The minimum atomic E-state index is -0.474. The van der Waals surface area contributed by atoms with Crippen LogP contribution in [-0.4, -0.2) is 12.6 Å². The molecular formula is C19H18FNO2. The minimum absolute atomic E-state index is 0.237. The van der Waals surface area contributed by atoms with Gasteiger partial charge in [0.05, 0.1) is 0 Å². The quantitative estimate of drug-likeness (QED) is 0.689. The van der Waals surface area contributed by atoms with Crippen molar-refractivity contribution in [1.82, 2.24) is 5.32 Å². The second-order valence-electron chi connectivity index (χ2n) is 5.00. The SMILES string of the molecule is Cc1ccc(F)cc1C#CCCNC(=O)OCc1ccccc1. The standard InChI is InChI=1S/C19H18FNO2/c1-15-10-11-18(20)13-17(15)9-5-6-12-21-19(22)23-14-16-7-3-2-4-8-16/h2-4,7-8,10-11,13H,6,12,14H2,1H3,(H,21,22). The van der Waals surface area contributed by atoms with E-state index in [9.17, 15) is 9.18 Å². The van der Waals surface area contributed by atoms with Crippen molar-refractivity contribution in [3.63, 3.8) is 0 Å². The maximum atomic E-state index is 13.1. The summed E-state index contributed by atoms with van der Waals surface area (Å²) in [6.45, 7) is 2.50. The monoisotopic (exact) mass is 311 g/mol. The Morgan fingerprint density at radius 2 is 2.00 bits per heavy atom. The number of rotatable bonds is 4. The Morgan fingerprint density at radius 1 is 1.22 bits per heavy atom. The molecule has 0 spiro atoms. The highest BCUT2D eigenvalue weighted by Gasteiger charge is 2.01. The highest BCUT2D eigenvalue weighted by Crippen LogP contribution is 2.08. The van der Waals surface area contributed by atoms with Gasteiger partial charge in [-0.2, -0.15) is 0 Å². The number of nitrogens with one attached hydrogen (secondary N) is 1. The molecule has 1 amide bonds. The Kier molecular flexibility index (Phi) is 6.19. The topological polar surface area (TPSA) is 38.3 Å². The van der Waals surface area contributed by atoms with Gasteiger partial charge in [-0.25, -0.2) is 9.18 Å². The number of amides is 1. The van der Waals surface area contributed by atoms with Crippen LogP contribution in [0.4, 0.5) is 9.18 Å². The van der Waals surface area contributed by atoms with Crippen molar-refractivity contribution in [3.05, 3.63) is 71.0 Å². The molecule has 0 heterocycles. The molecule has 4 heteroatoms. The van der Waals surface area contributed by atoms with Crippen LogP contribution in [0.3, 0.4) is 0 Å². The van der Waals surface area contributed by atoms with Gasteiger partial charge in [0.15, 0.2) is 0 Å². The Balaban J connectivity index is 1.70. The summed E-state index contributed by atoms with van der Waals surface area (Å²) in [6.07, 6.45) is -0.00581. The van der Waals surface area contributed by atoms with Crippen LogP contribution >= 0.6 is 0 Å². The number of benzene rings is 2. The normalized spacial score (nSPS) is 9.65. The molecule has 0 radical (unpaired) electrons.